The molecule has 1 N–H and O–H groups in total. The first-order valence-corrected chi connectivity index (χ1v) is 11.0. The van der Waals surface area contributed by atoms with Gasteiger partial charge in [-0.25, -0.2) is 9.37 Å². The van der Waals surface area contributed by atoms with Crippen LogP contribution in [0.4, 0.5) is 4.39 Å². The van der Waals surface area contributed by atoms with Gasteiger partial charge in [0.05, 0.1) is 16.7 Å². The molecule has 0 unspecified atom stereocenters. The fourth-order valence-corrected chi connectivity index (χ4v) is 3.94. The maximum absolute atomic E-state index is 15.1. The first-order valence-electron chi connectivity index (χ1n) is 11.0. The molecule has 2 aromatic carbocycles. The molecule has 35 heavy (non-hydrogen) atoms. The number of hydrogen-bond acceptors (Lipinski definition) is 5. The predicted molar refractivity (Wildman–Crippen MR) is 130 cm³/mol. The van der Waals surface area contributed by atoms with Crippen molar-refractivity contribution < 1.29 is 18.7 Å². The molecule has 1 amide bonds. The molecule has 0 radical (unpaired) electrons. The Hall–Kier alpha value is -4.59. The van der Waals surface area contributed by atoms with E-state index in [4.69, 9.17) is 4.74 Å². The lowest BCUT2D eigenvalue weighted by Gasteiger charge is -2.27. The highest BCUT2D eigenvalue weighted by Crippen LogP contribution is 2.39. The van der Waals surface area contributed by atoms with Gasteiger partial charge in [-0.1, -0.05) is 12.1 Å². The van der Waals surface area contributed by atoms with Crippen molar-refractivity contribution in [3.05, 3.63) is 89.9 Å². The van der Waals surface area contributed by atoms with Crippen molar-refractivity contribution in [2.24, 2.45) is 0 Å². The molecule has 0 saturated heterocycles. The van der Waals surface area contributed by atoms with Crippen molar-refractivity contribution in [2.75, 3.05) is 6.54 Å². The Labute approximate surface area is 200 Å². The summed E-state index contributed by atoms with van der Waals surface area (Å²) in [6.45, 7) is 3.12. The average molecular weight is 468 g/mol. The maximum Gasteiger partial charge on any atom is 0.224 e. The number of rotatable bonds is 5. The normalized spacial score (nSPS) is 13.4. The van der Waals surface area contributed by atoms with E-state index in [1.807, 2.05) is 18.2 Å². The SMILES string of the molecule is CC(=O)c1ccc(Oc2cc3nc(-c4ccccn4)[nH]c3cc2C2=C(F)C=CCN2C(C)=O)cc1. The number of hydrogen-bond donors (Lipinski definition) is 1. The molecule has 8 heteroatoms. The van der Waals surface area contributed by atoms with Gasteiger partial charge in [-0.3, -0.25) is 14.6 Å². The second-order valence-corrected chi connectivity index (χ2v) is 8.08. The van der Waals surface area contributed by atoms with E-state index in [1.54, 1.807) is 48.7 Å². The van der Waals surface area contributed by atoms with Gasteiger partial charge in [-0.05, 0) is 55.5 Å². The highest BCUT2D eigenvalue weighted by molar-refractivity contribution is 5.94. The van der Waals surface area contributed by atoms with Crippen LogP contribution >= 0.6 is 0 Å². The number of ether oxygens (including phenoxy) is 1. The number of imidazole rings is 1. The van der Waals surface area contributed by atoms with Gasteiger partial charge in [0.1, 0.15) is 23.0 Å². The maximum atomic E-state index is 15.1. The summed E-state index contributed by atoms with van der Waals surface area (Å²) in [5.74, 6) is 0.422. The second kappa shape index (κ2) is 8.98. The van der Waals surface area contributed by atoms with E-state index in [9.17, 15) is 9.59 Å². The van der Waals surface area contributed by atoms with Gasteiger partial charge >= 0.3 is 0 Å². The topological polar surface area (TPSA) is 88.2 Å². The van der Waals surface area contributed by atoms with Crippen LogP contribution in [-0.2, 0) is 4.79 Å². The van der Waals surface area contributed by atoms with E-state index in [2.05, 4.69) is 15.0 Å². The number of halogens is 1. The molecule has 7 nitrogen and oxygen atoms in total. The van der Waals surface area contributed by atoms with Crippen LogP contribution in [0.15, 0.2) is 78.8 Å². The number of aromatic amines is 1. The van der Waals surface area contributed by atoms with Crippen LogP contribution < -0.4 is 4.74 Å². The van der Waals surface area contributed by atoms with Gasteiger partial charge < -0.3 is 14.6 Å². The molecule has 0 spiro atoms. The first-order chi connectivity index (χ1) is 16.9. The Morgan fingerprint density at radius 1 is 1.09 bits per heavy atom. The molecule has 174 valence electrons. The molecule has 3 heterocycles. The summed E-state index contributed by atoms with van der Waals surface area (Å²) in [6, 6.07) is 15.6. The zero-order valence-electron chi connectivity index (χ0n) is 19.1. The molecule has 2 aromatic heterocycles. The molecule has 0 atom stereocenters. The summed E-state index contributed by atoms with van der Waals surface area (Å²) in [5, 5.41) is 0. The number of amides is 1. The van der Waals surface area contributed by atoms with Crippen molar-refractivity contribution in [1.29, 1.82) is 0 Å². The summed E-state index contributed by atoms with van der Waals surface area (Å²) in [7, 11) is 0. The quantitative estimate of drug-likeness (QED) is 0.381. The molecule has 0 saturated carbocycles. The number of Topliss-reactive ketones (excluding diaryl/α,β-unsaturated/α-hetero) is 1. The zero-order chi connectivity index (χ0) is 24.5. The Balaban J connectivity index is 1.67. The number of fused-ring (bicyclic) bond motifs is 1. The number of carbonyl (C=O) groups is 2. The molecule has 0 fully saturated rings. The number of benzene rings is 2. The Morgan fingerprint density at radius 3 is 2.57 bits per heavy atom. The molecule has 1 aliphatic heterocycles. The van der Waals surface area contributed by atoms with Gasteiger partial charge in [0.2, 0.25) is 5.91 Å². The smallest absolute Gasteiger partial charge is 0.224 e. The van der Waals surface area contributed by atoms with Crippen molar-refractivity contribution in [3.8, 4) is 23.0 Å². The summed E-state index contributed by atoms with van der Waals surface area (Å²) in [6.07, 6.45) is 4.61. The summed E-state index contributed by atoms with van der Waals surface area (Å²) in [5.41, 5.74) is 2.94. The fourth-order valence-electron chi connectivity index (χ4n) is 3.94. The number of pyridine rings is 1. The van der Waals surface area contributed by atoms with Crippen LogP contribution in [0.1, 0.15) is 29.8 Å². The number of ketones is 1. The Bertz CT molecular complexity index is 1500. The van der Waals surface area contributed by atoms with E-state index in [-0.39, 0.29) is 23.9 Å². The van der Waals surface area contributed by atoms with E-state index >= 15 is 4.39 Å². The van der Waals surface area contributed by atoms with Crippen LogP contribution in [-0.4, -0.2) is 38.1 Å². The minimum Gasteiger partial charge on any atom is -0.457 e. The van der Waals surface area contributed by atoms with Crippen molar-refractivity contribution in [3.63, 3.8) is 0 Å². The zero-order valence-corrected chi connectivity index (χ0v) is 19.1. The van der Waals surface area contributed by atoms with Crippen LogP contribution in [0.25, 0.3) is 28.2 Å². The van der Waals surface area contributed by atoms with Gasteiger partial charge in [-0.15, -0.1) is 0 Å². The summed E-state index contributed by atoms with van der Waals surface area (Å²) in [4.78, 5) is 37.5. The number of H-pyrrole nitrogens is 1. The summed E-state index contributed by atoms with van der Waals surface area (Å²) >= 11 is 0. The molecule has 0 bridgehead atoms. The number of nitrogens with zero attached hydrogens (tertiary/aromatic N) is 3. The standard InChI is InChI=1S/C27H21FN4O3/c1-16(33)18-8-10-19(11-9-18)35-25-15-24-23(30-27(31-24)22-7-3-4-12-29-22)14-20(25)26-21(28)6-5-13-32(26)17(2)34/h3-12,14-15H,13H2,1-2H3,(H,30,31). The van der Waals surface area contributed by atoms with Crippen molar-refractivity contribution in [2.45, 2.75) is 13.8 Å². The number of nitrogens with one attached hydrogen (secondary N) is 1. The van der Waals surface area contributed by atoms with Crippen LogP contribution in [0.3, 0.4) is 0 Å². The van der Waals surface area contributed by atoms with E-state index in [0.717, 1.165) is 0 Å². The van der Waals surface area contributed by atoms with E-state index in [0.29, 0.717) is 45.2 Å². The second-order valence-electron chi connectivity index (χ2n) is 8.08. The minimum atomic E-state index is -0.549. The third-order valence-electron chi connectivity index (χ3n) is 5.66. The predicted octanol–water partition coefficient (Wildman–Crippen LogP) is 5.68. The largest absolute Gasteiger partial charge is 0.457 e. The lowest BCUT2D eigenvalue weighted by atomic mass is 10.0. The Morgan fingerprint density at radius 2 is 1.89 bits per heavy atom. The van der Waals surface area contributed by atoms with Gasteiger partial charge in [0.15, 0.2) is 11.6 Å². The first kappa shape index (κ1) is 22.2. The minimum absolute atomic E-state index is 0.0597. The molecule has 5 rings (SSSR count). The van der Waals surface area contributed by atoms with Gasteiger partial charge in [0, 0.05) is 36.9 Å². The van der Waals surface area contributed by atoms with E-state index in [1.165, 1.54) is 24.8 Å². The molecular formula is C27H21FN4O3. The average Bonchev–Trinajstić information content (AvgIpc) is 3.27. The fraction of sp³-hybridized carbons (Fsp3) is 0.111. The number of carbonyl (C=O) groups excluding carboxylic acids is 2. The number of aromatic nitrogens is 3. The highest BCUT2D eigenvalue weighted by Gasteiger charge is 2.26. The Kier molecular flexibility index (Phi) is 5.70. The third kappa shape index (κ3) is 4.33. The van der Waals surface area contributed by atoms with E-state index < -0.39 is 5.83 Å². The third-order valence-corrected chi connectivity index (χ3v) is 5.66. The molecular weight excluding hydrogens is 447 g/mol. The lowest BCUT2D eigenvalue weighted by Crippen LogP contribution is -2.29. The van der Waals surface area contributed by atoms with Gasteiger partial charge in [0.25, 0.3) is 0 Å². The van der Waals surface area contributed by atoms with Crippen LogP contribution in [0, 0.1) is 0 Å². The monoisotopic (exact) mass is 468 g/mol. The van der Waals surface area contributed by atoms with Crippen LogP contribution in [0.2, 0.25) is 0 Å². The van der Waals surface area contributed by atoms with Crippen molar-refractivity contribution in [1.82, 2.24) is 19.9 Å². The number of allylic oxidation sites excluding steroid dienone is 2. The lowest BCUT2D eigenvalue weighted by molar-refractivity contribution is -0.125. The molecule has 4 aromatic rings. The van der Waals surface area contributed by atoms with Gasteiger partial charge in [-0.2, -0.15) is 0 Å². The highest BCUT2D eigenvalue weighted by atomic mass is 19.1. The molecule has 0 aliphatic carbocycles. The summed E-state index contributed by atoms with van der Waals surface area (Å²) < 4.78 is 21.3. The molecule has 1 aliphatic rings. The van der Waals surface area contributed by atoms with Crippen molar-refractivity contribution >= 4 is 28.4 Å². The van der Waals surface area contributed by atoms with Crippen LogP contribution in [0.5, 0.6) is 11.5 Å².